The highest BCUT2D eigenvalue weighted by Gasteiger charge is 2.18. The lowest BCUT2D eigenvalue weighted by Crippen LogP contribution is -2.42. The van der Waals surface area contributed by atoms with Gasteiger partial charge in [-0.15, -0.1) is 0 Å². The number of aryl methyl sites for hydroxylation is 1. The summed E-state index contributed by atoms with van der Waals surface area (Å²) in [6, 6.07) is 11.0. The first-order valence-electron chi connectivity index (χ1n) is 7.98. The topological polar surface area (TPSA) is 93.1 Å². The molecule has 0 radical (unpaired) electrons. The third kappa shape index (κ3) is 3.79. The Morgan fingerprint density at radius 1 is 1.04 bits per heavy atom. The van der Waals surface area contributed by atoms with Gasteiger partial charge in [-0.2, -0.15) is 5.10 Å². The number of hydrazine groups is 1. The first kappa shape index (κ1) is 18.9. The van der Waals surface area contributed by atoms with Crippen molar-refractivity contribution in [3.05, 3.63) is 74.1 Å². The molecule has 2 N–H and O–H groups in total. The summed E-state index contributed by atoms with van der Waals surface area (Å²) in [6.07, 6.45) is 0. The minimum Gasteiger partial charge on any atom is -0.267 e. The van der Waals surface area contributed by atoms with E-state index < -0.39 is 11.8 Å². The van der Waals surface area contributed by atoms with Crippen LogP contribution in [0.25, 0.3) is 10.8 Å². The Hall–Kier alpha value is -2.90. The Morgan fingerprint density at radius 2 is 1.70 bits per heavy atom. The first-order chi connectivity index (χ1) is 12.9. The maximum absolute atomic E-state index is 12.6. The summed E-state index contributed by atoms with van der Waals surface area (Å²) in [6.45, 7) is 2.05. The minimum atomic E-state index is -0.660. The summed E-state index contributed by atoms with van der Waals surface area (Å²) in [4.78, 5) is 37.1. The summed E-state index contributed by atoms with van der Waals surface area (Å²) < 4.78 is 1.19. The summed E-state index contributed by atoms with van der Waals surface area (Å²) in [5, 5.41) is 5.39. The summed E-state index contributed by atoms with van der Waals surface area (Å²) in [5.74, 6) is -1.27. The Morgan fingerprint density at radius 3 is 2.37 bits per heavy atom. The maximum atomic E-state index is 12.6. The second-order valence-electron chi connectivity index (χ2n) is 5.55. The lowest BCUT2D eigenvalue weighted by molar-refractivity contribution is 0.0843. The summed E-state index contributed by atoms with van der Waals surface area (Å²) >= 11 is 11.8. The average Bonchev–Trinajstić information content (AvgIpc) is 2.66. The second-order valence-corrected chi connectivity index (χ2v) is 6.39. The molecule has 0 bridgehead atoms. The maximum Gasteiger partial charge on any atom is 0.290 e. The van der Waals surface area contributed by atoms with Gasteiger partial charge in [0.15, 0.2) is 5.69 Å². The van der Waals surface area contributed by atoms with Gasteiger partial charge in [-0.25, -0.2) is 4.68 Å². The second kappa shape index (κ2) is 7.77. The van der Waals surface area contributed by atoms with E-state index in [0.29, 0.717) is 22.3 Å². The number of hydrogen-bond acceptors (Lipinski definition) is 4. The average molecular weight is 405 g/mol. The number of rotatable bonds is 3. The van der Waals surface area contributed by atoms with Gasteiger partial charge in [-0.05, 0) is 31.2 Å². The van der Waals surface area contributed by atoms with Crippen LogP contribution in [0.3, 0.4) is 0 Å². The SMILES string of the molecule is CCn1nc(C(=O)NNC(=O)c2ccc(Cl)cc2Cl)c2ccccc2c1=O. The van der Waals surface area contributed by atoms with Gasteiger partial charge in [0.2, 0.25) is 0 Å². The molecule has 27 heavy (non-hydrogen) atoms. The van der Waals surface area contributed by atoms with Gasteiger partial charge >= 0.3 is 0 Å². The molecular formula is C18H14Cl2N4O3. The van der Waals surface area contributed by atoms with Crippen molar-refractivity contribution in [3.63, 3.8) is 0 Å². The minimum absolute atomic E-state index is 0.0227. The van der Waals surface area contributed by atoms with Crippen LogP contribution in [0.4, 0.5) is 0 Å². The van der Waals surface area contributed by atoms with Crippen LogP contribution >= 0.6 is 23.2 Å². The summed E-state index contributed by atoms with van der Waals surface area (Å²) in [7, 11) is 0. The van der Waals surface area contributed by atoms with Gasteiger partial charge in [0.05, 0.1) is 16.0 Å². The smallest absolute Gasteiger partial charge is 0.267 e. The lowest BCUT2D eigenvalue weighted by Gasteiger charge is -2.11. The molecule has 0 aliphatic rings. The van der Waals surface area contributed by atoms with Crippen molar-refractivity contribution in [1.29, 1.82) is 0 Å². The van der Waals surface area contributed by atoms with E-state index in [1.165, 1.54) is 22.9 Å². The fourth-order valence-corrected chi connectivity index (χ4v) is 3.03. The quantitative estimate of drug-likeness (QED) is 0.656. The van der Waals surface area contributed by atoms with E-state index in [4.69, 9.17) is 23.2 Å². The van der Waals surface area contributed by atoms with Gasteiger partial charge in [0.1, 0.15) is 0 Å². The fourth-order valence-electron chi connectivity index (χ4n) is 2.53. The highest BCUT2D eigenvalue weighted by atomic mass is 35.5. The van der Waals surface area contributed by atoms with Crippen LogP contribution in [0.5, 0.6) is 0 Å². The number of benzene rings is 2. The Bertz CT molecular complexity index is 1110. The van der Waals surface area contributed by atoms with Crippen LogP contribution < -0.4 is 16.4 Å². The molecule has 2 aromatic carbocycles. The highest BCUT2D eigenvalue weighted by Crippen LogP contribution is 2.20. The number of hydrogen-bond donors (Lipinski definition) is 2. The van der Waals surface area contributed by atoms with Crippen molar-refractivity contribution in [3.8, 4) is 0 Å². The van der Waals surface area contributed by atoms with E-state index in [0.717, 1.165) is 0 Å². The Kier molecular flexibility index (Phi) is 5.43. The van der Waals surface area contributed by atoms with Crippen molar-refractivity contribution >= 4 is 45.8 Å². The van der Waals surface area contributed by atoms with Gasteiger partial charge in [-0.1, -0.05) is 41.4 Å². The Labute approximate surface area is 163 Å². The normalized spacial score (nSPS) is 10.6. The number of amides is 2. The molecule has 0 fully saturated rings. The van der Waals surface area contributed by atoms with Crippen molar-refractivity contribution in [2.24, 2.45) is 0 Å². The van der Waals surface area contributed by atoms with Crippen LogP contribution in [-0.2, 0) is 6.54 Å². The van der Waals surface area contributed by atoms with E-state index in [2.05, 4.69) is 16.0 Å². The van der Waals surface area contributed by atoms with Gasteiger partial charge < -0.3 is 0 Å². The fraction of sp³-hybridized carbons (Fsp3) is 0.111. The van der Waals surface area contributed by atoms with Crippen molar-refractivity contribution < 1.29 is 9.59 Å². The first-order valence-corrected chi connectivity index (χ1v) is 8.73. The van der Waals surface area contributed by atoms with Gasteiger partial charge in [0, 0.05) is 17.0 Å². The standard InChI is InChI=1S/C18H14Cl2N4O3/c1-2-24-18(27)12-6-4-3-5-11(12)15(23-24)17(26)22-21-16(25)13-8-7-10(19)9-14(13)20/h3-9H,2H2,1H3,(H,21,25)(H,22,26). The van der Waals surface area contributed by atoms with E-state index in [-0.39, 0.29) is 21.8 Å². The molecule has 0 unspecified atom stereocenters. The molecule has 3 aromatic rings. The highest BCUT2D eigenvalue weighted by molar-refractivity contribution is 6.36. The zero-order valence-corrected chi connectivity index (χ0v) is 15.6. The van der Waals surface area contributed by atoms with Gasteiger partial charge in [-0.3, -0.25) is 25.2 Å². The zero-order chi connectivity index (χ0) is 19.6. The Balaban J connectivity index is 1.87. The molecule has 2 amide bonds. The molecule has 1 aromatic heterocycles. The molecule has 0 aliphatic heterocycles. The molecule has 9 heteroatoms. The van der Waals surface area contributed by atoms with Crippen molar-refractivity contribution in [1.82, 2.24) is 20.6 Å². The predicted molar refractivity (Wildman–Crippen MR) is 103 cm³/mol. The number of aromatic nitrogens is 2. The zero-order valence-electron chi connectivity index (χ0n) is 14.1. The molecule has 1 heterocycles. The molecule has 0 spiro atoms. The molecule has 0 saturated carbocycles. The van der Waals surface area contributed by atoms with E-state index >= 15 is 0 Å². The number of carbonyl (C=O) groups is 2. The van der Waals surface area contributed by atoms with E-state index in [1.807, 2.05) is 0 Å². The molecule has 0 atom stereocenters. The molecule has 0 saturated heterocycles. The van der Waals surface area contributed by atoms with E-state index in [9.17, 15) is 14.4 Å². The summed E-state index contributed by atoms with van der Waals surface area (Å²) in [5.41, 5.74) is 4.46. The van der Waals surface area contributed by atoms with Crippen molar-refractivity contribution in [2.75, 3.05) is 0 Å². The van der Waals surface area contributed by atoms with Crippen LogP contribution in [0.15, 0.2) is 47.3 Å². The molecule has 7 nitrogen and oxygen atoms in total. The number of nitrogens with zero attached hydrogens (tertiary/aromatic N) is 2. The number of halogens is 2. The largest absolute Gasteiger partial charge is 0.290 e. The number of fused-ring (bicyclic) bond motifs is 1. The van der Waals surface area contributed by atoms with Crippen LogP contribution in [0.1, 0.15) is 27.8 Å². The molecule has 0 aliphatic carbocycles. The number of carbonyl (C=O) groups excluding carboxylic acids is 2. The van der Waals surface area contributed by atoms with Gasteiger partial charge in [0.25, 0.3) is 17.4 Å². The van der Waals surface area contributed by atoms with Crippen LogP contribution in [0, 0.1) is 0 Å². The monoisotopic (exact) mass is 404 g/mol. The molecule has 138 valence electrons. The lowest BCUT2D eigenvalue weighted by atomic mass is 10.1. The predicted octanol–water partition coefficient (Wildman–Crippen LogP) is 2.80. The van der Waals surface area contributed by atoms with Crippen molar-refractivity contribution in [2.45, 2.75) is 13.5 Å². The molecular weight excluding hydrogens is 391 g/mol. The third-order valence-corrected chi connectivity index (χ3v) is 4.40. The van der Waals surface area contributed by atoms with Crippen LogP contribution in [-0.4, -0.2) is 21.6 Å². The van der Waals surface area contributed by atoms with Crippen LogP contribution in [0.2, 0.25) is 10.0 Å². The molecule has 3 rings (SSSR count). The third-order valence-electron chi connectivity index (χ3n) is 3.85. The number of nitrogens with one attached hydrogen (secondary N) is 2. The van der Waals surface area contributed by atoms with E-state index in [1.54, 1.807) is 31.2 Å².